The number of ketones is 1. The molecular formula is C21H17N3O4. The first-order valence-corrected chi connectivity index (χ1v) is 8.77. The summed E-state index contributed by atoms with van der Waals surface area (Å²) in [5, 5.41) is 7.59. The number of benzene rings is 2. The third-order valence-corrected chi connectivity index (χ3v) is 4.68. The molecule has 0 aliphatic carbocycles. The first-order valence-electron chi connectivity index (χ1n) is 8.77. The number of nitrogens with zero attached hydrogens (tertiary/aromatic N) is 1. The Kier molecular flexibility index (Phi) is 4.27. The number of aromatic amines is 2. The zero-order valence-electron chi connectivity index (χ0n) is 15.3. The van der Waals surface area contributed by atoms with Crippen molar-refractivity contribution in [1.29, 1.82) is 0 Å². The number of aromatic nitrogens is 3. The highest BCUT2D eigenvalue weighted by Crippen LogP contribution is 2.24. The van der Waals surface area contributed by atoms with Gasteiger partial charge < -0.3 is 9.72 Å². The van der Waals surface area contributed by atoms with Crippen molar-refractivity contribution in [2.45, 2.75) is 20.0 Å². The van der Waals surface area contributed by atoms with Gasteiger partial charge in [0.15, 0.2) is 11.8 Å². The molecule has 0 radical (unpaired) electrons. The molecule has 2 aromatic heterocycles. The fraction of sp³-hybridized carbons (Fsp3) is 0.143. The number of esters is 1. The van der Waals surface area contributed by atoms with Crippen molar-refractivity contribution in [3.63, 3.8) is 0 Å². The SMILES string of the molecule is Cc1[nH]c2ccccc2c1C(=O)[C@H](C)OC(=O)c1n[nH]c(=O)c2ccccc12. The number of rotatable bonds is 4. The first-order chi connectivity index (χ1) is 13.5. The fourth-order valence-corrected chi connectivity index (χ4v) is 3.34. The van der Waals surface area contributed by atoms with Gasteiger partial charge in [0, 0.05) is 27.5 Å². The molecule has 2 aromatic carbocycles. The van der Waals surface area contributed by atoms with Gasteiger partial charge in [-0.25, -0.2) is 9.89 Å². The van der Waals surface area contributed by atoms with Crippen LogP contribution in [0.25, 0.3) is 21.7 Å². The van der Waals surface area contributed by atoms with Gasteiger partial charge in [-0.05, 0) is 26.0 Å². The standard InChI is InChI=1S/C21H17N3O4/c1-11-17(15-9-5-6-10-16(15)22-11)19(25)12(2)28-21(27)18-13-7-3-4-8-14(13)20(26)24-23-18/h3-10,12,22H,1-2H3,(H,24,26)/t12-/m0/s1. The Hall–Kier alpha value is -3.74. The molecule has 2 N–H and O–H groups in total. The number of ether oxygens (including phenoxy) is 1. The van der Waals surface area contributed by atoms with Crippen LogP contribution in [0.4, 0.5) is 0 Å². The molecule has 7 heteroatoms. The molecule has 0 fully saturated rings. The molecule has 2 heterocycles. The van der Waals surface area contributed by atoms with E-state index in [0.29, 0.717) is 22.0 Å². The lowest BCUT2D eigenvalue weighted by atomic mass is 10.0. The topological polar surface area (TPSA) is 105 Å². The molecule has 4 rings (SSSR count). The van der Waals surface area contributed by atoms with Crippen LogP contribution in [0.2, 0.25) is 0 Å². The van der Waals surface area contributed by atoms with Crippen LogP contribution in [-0.4, -0.2) is 33.0 Å². The van der Waals surface area contributed by atoms with E-state index in [2.05, 4.69) is 15.2 Å². The maximum absolute atomic E-state index is 12.9. The summed E-state index contributed by atoms with van der Waals surface area (Å²) >= 11 is 0. The summed E-state index contributed by atoms with van der Waals surface area (Å²) in [7, 11) is 0. The highest BCUT2D eigenvalue weighted by atomic mass is 16.5. The van der Waals surface area contributed by atoms with Crippen molar-refractivity contribution in [2.24, 2.45) is 0 Å². The van der Waals surface area contributed by atoms with Crippen molar-refractivity contribution in [2.75, 3.05) is 0 Å². The third kappa shape index (κ3) is 2.87. The minimum atomic E-state index is -1.02. The highest BCUT2D eigenvalue weighted by Gasteiger charge is 2.26. The Morgan fingerprint density at radius 3 is 2.39 bits per heavy atom. The van der Waals surface area contributed by atoms with Gasteiger partial charge in [0.2, 0.25) is 5.78 Å². The van der Waals surface area contributed by atoms with Crippen LogP contribution in [0, 0.1) is 6.92 Å². The number of hydrogen-bond donors (Lipinski definition) is 2. The zero-order valence-corrected chi connectivity index (χ0v) is 15.3. The number of H-pyrrole nitrogens is 2. The van der Waals surface area contributed by atoms with Crippen LogP contribution in [0.5, 0.6) is 0 Å². The summed E-state index contributed by atoms with van der Waals surface area (Å²) in [4.78, 5) is 40.6. The Morgan fingerprint density at radius 1 is 1.00 bits per heavy atom. The molecular weight excluding hydrogens is 358 g/mol. The Morgan fingerprint density at radius 2 is 1.64 bits per heavy atom. The van der Waals surface area contributed by atoms with E-state index in [4.69, 9.17) is 4.74 Å². The van der Waals surface area contributed by atoms with Gasteiger partial charge in [-0.15, -0.1) is 0 Å². The second-order valence-electron chi connectivity index (χ2n) is 6.53. The summed E-state index contributed by atoms with van der Waals surface area (Å²) in [6.45, 7) is 3.33. The number of carbonyl (C=O) groups is 2. The lowest BCUT2D eigenvalue weighted by molar-refractivity contribution is 0.0314. The molecule has 1 atom stereocenters. The van der Waals surface area contributed by atoms with Crippen LogP contribution in [0.3, 0.4) is 0 Å². The molecule has 4 aromatic rings. The van der Waals surface area contributed by atoms with E-state index in [0.717, 1.165) is 10.9 Å². The van der Waals surface area contributed by atoms with Gasteiger partial charge in [-0.1, -0.05) is 36.4 Å². The summed E-state index contributed by atoms with van der Waals surface area (Å²) in [5.41, 5.74) is 1.61. The molecule has 0 spiro atoms. The van der Waals surface area contributed by atoms with Crippen molar-refractivity contribution in [3.05, 3.63) is 75.8 Å². The summed E-state index contributed by atoms with van der Waals surface area (Å²) in [6.07, 6.45) is -1.02. The first kappa shape index (κ1) is 17.7. The molecule has 0 saturated carbocycles. The summed E-state index contributed by atoms with van der Waals surface area (Å²) in [6, 6.07) is 14.1. The predicted molar refractivity (Wildman–Crippen MR) is 105 cm³/mol. The van der Waals surface area contributed by atoms with E-state index in [1.54, 1.807) is 31.2 Å². The Bertz CT molecular complexity index is 1290. The summed E-state index contributed by atoms with van der Waals surface area (Å²) in [5.74, 6) is -1.08. The average molecular weight is 375 g/mol. The second kappa shape index (κ2) is 6.77. The van der Waals surface area contributed by atoms with Crippen molar-refractivity contribution >= 4 is 33.4 Å². The summed E-state index contributed by atoms with van der Waals surface area (Å²) < 4.78 is 5.39. The quantitative estimate of drug-likeness (QED) is 0.421. The number of aryl methyl sites for hydroxylation is 1. The van der Waals surface area contributed by atoms with Crippen molar-refractivity contribution < 1.29 is 14.3 Å². The zero-order chi connectivity index (χ0) is 19.8. The molecule has 7 nitrogen and oxygen atoms in total. The van der Waals surface area contributed by atoms with Gasteiger partial charge in [0.25, 0.3) is 5.56 Å². The lowest BCUT2D eigenvalue weighted by Crippen LogP contribution is -2.26. The van der Waals surface area contributed by atoms with E-state index < -0.39 is 17.6 Å². The predicted octanol–water partition coefficient (Wildman–Crippen LogP) is 3.14. The number of hydrogen-bond acceptors (Lipinski definition) is 5. The second-order valence-corrected chi connectivity index (χ2v) is 6.53. The normalized spacial score (nSPS) is 12.2. The number of para-hydroxylation sites is 1. The molecule has 0 saturated heterocycles. The van der Waals surface area contributed by atoms with E-state index in [1.165, 1.54) is 6.92 Å². The van der Waals surface area contributed by atoms with Crippen LogP contribution in [0.15, 0.2) is 53.3 Å². The number of carbonyl (C=O) groups excluding carboxylic acids is 2. The minimum absolute atomic E-state index is 0.0366. The van der Waals surface area contributed by atoms with Crippen LogP contribution >= 0.6 is 0 Å². The molecule has 0 amide bonds. The fourth-order valence-electron chi connectivity index (χ4n) is 3.34. The largest absolute Gasteiger partial charge is 0.449 e. The van der Waals surface area contributed by atoms with E-state index in [1.807, 2.05) is 24.3 Å². The number of Topliss-reactive ketones (excluding diaryl/α,β-unsaturated/α-hetero) is 1. The maximum atomic E-state index is 12.9. The smallest absolute Gasteiger partial charge is 0.360 e. The maximum Gasteiger partial charge on any atom is 0.360 e. The molecule has 0 aliphatic heterocycles. The van der Waals surface area contributed by atoms with Crippen molar-refractivity contribution in [3.8, 4) is 0 Å². The van der Waals surface area contributed by atoms with Gasteiger partial charge in [-0.3, -0.25) is 9.59 Å². The Labute approximate surface area is 159 Å². The van der Waals surface area contributed by atoms with E-state index in [-0.39, 0.29) is 11.5 Å². The molecule has 0 unspecified atom stereocenters. The van der Waals surface area contributed by atoms with Gasteiger partial charge >= 0.3 is 5.97 Å². The third-order valence-electron chi connectivity index (χ3n) is 4.68. The van der Waals surface area contributed by atoms with Gasteiger partial charge in [0.05, 0.1) is 5.39 Å². The van der Waals surface area contributed by atoms with E-state index >= 15 is 0 Å². The molecule has 0 aliphatic rings. The minimum Gasteiger partial charge on any atom is -0.449 e. The average Bonchev–Trinajstić information content (AvgIpc) is 3.03. The van der Waals surface area contributed by atoms with Gasteiger partial charge in [-0.2, -0.15) is 5.10 Å². The lowest BCUT2D eigenvalue weighted by Gasteiger charge is -2.13. The van der Waals surface area contributed by atoms with Gasteiger partial charge in [0.1, 0.15) is 0 Å². The number of nitrogens with one attached hydrogen (secondary N) is 2. The highest BCUT2D eigenvalue weighted by molar-refractivity contribution is 6.12. The van der Waals surface area contributed by atoms with Crippen molar-refractivity contribution in [1.82, 2.24) is 15.2 Å². The number of fused-ring (bicyclic) bond motifs is 2. The Balaban J connectivity index is 1.65. The molecule has 28 heavy (non-hydrogen) atoms. The monoisotopic (exact) mass is 375 g/mol. The molecule has 0 bridgehead atoms. The molecule has 140 valence electrons. The van der Waals surface area contributed by atoms with Crippen LogP contribution in [0.1, 0.15) is 33.5 Å². The van der Waals surface area contributed by atoms with Crippen LogP contribution in [-0.2, 0) is 4.74 Å². The van der Waals surface area contributed by atoms with E-state index in [9.17, 15) is 14.4 Å². The van der Waals surface area contributed by atoms with Crippen LogP contribution < -0.4 is 5.56 Å².